The molecule has 1 aromatic carbocycles. The number of aryl methyl sites for hydroxylation is 1. The Hall–Kier alpha value is -1.71. The summed E-state index contributed by atoms with van der Waals surface area (Å²) in [5.74, 6) is 1.75. The molecule has 0 saturated carbocycles. The molecule has 1 N–H and O–H groups in total. The minimum absolute atomic E-state index is 0.104. The average molecular weight is 261 g/mol. The van der Waals surface area contributed by atoms with E-state index in [1.54, 1.807) is 0 Å². The van der Waals surface area contributed by atoms with E-state index in [2.05, 4.69) is 11.4 Å². The maximum atomic E-state index is 11.6. The molecule has 1 aromatic rings. The van der Waals surface area contributed by atoms with Crippen LogP contribution in [0.2, 0.25) is 0 Å². The third kappa shape index (κ3) is 2.39. The van der Waals surface area contributed by atoms with E-state index in [0.29, 0.717) is 19.6 Å². The summed E-state index contributed by atoms with van der Waals surface area (Å²) in [6.07, 6.45) is 3.67. The Kier molecular flexibility index (Phi) is 3.32. The van der Waals surface area contributed by atoms with E-state index in [1.165, 1.54) is 11.1 Å². The van der Waals surface area contributed by atoms with Crippen LogP contribution in [-0.2, 0) is 11.2 Å². The molecule has 102 valence electrons. The highest BCUT2D eigenvalue weighted by atomic mass is 16.6. The molecule has 1 heterocycles. The summed E-state index contributed by atoms with van der Waals surface area (Å²) in [4.78, 5) is 11.6. The first kappa shape index (κ1) is 12.3. The van der Waals surface area contributed by atoms with Gasteiger partial charge in [0.1, 0.15) is 13.2 Å². The lowest BCUT2D eigenvalue weighted by molar-refractivity contribution is -0.121. The van der Waals surface area contributed by atoms with Crippen molar-refractivity contribution < 1.29 is 14.3 Å². The highest BCUT2D eigenvalue weighted by Crippen LogP contribution is 2.39. The van der Waals surface area contributed by atoms with Crippen molar-refractivity contribution in [2.45, 2.75) is 38.6 Å². The van der Waals surface area contributed by atoms with E-state index >= 15 is 0 Å². The zero-order chi connectivity index (χ0) is 13.2. The Morgan fingerprint density at radius 2 is 2.05 bits per heavy atom. The zero-order valence-electron chi connectivity index (χ0n) is 11.2. The lowest BCUT2D eigenvalue weighted by Gasteiger charge is -2.29. The van der Waals surface area contributed by atoms with Crippen LogP contribution in [0.3, 0.4) is 0 Å². The molecular weight excluding hydrogens is 242 g/mol. The molecule has 0 saturated heterocycles. The third-order valence-electron chi connectivity index (χ3n) is 3.77. The fourth-order valence-electron chi connectivity index (χ4n) is 2.79. The SMILES string of the molecule is CCC(=O)NC1CCCc2cc3c(cc21)OCCO3. The summed E-state index contributed by atoms with van der Waals surface area (Å²) in [7, 11) is 0. The molecule has 0 fully saturated rings. The fourth-order valence-corrected chi connectivity index (χ4v) is 2.79. The molecule has 3 rings (SSSR count). The number of benzene rings is 1. The Morgan fingerprint density at radius 3 is 2.79 bits per heavy atom. The smallest absolute Gasteiger partial charge is 0.220 e. The molecule has 0 radical (unpaired) electrons. The van der Waals surface area contributed by atoms with Crippen molar-refractivity contribution in [3.05, 3.63) is 23.3 Å². The number of rotatable bonds is 2. The van der Waals surface area contributed by atoms with E-state index in [0.717, 1.165) is 30.8 Å². The van der Waals surface area contributed by atoms with Crippen LogP contribution in [0.25, 0.3) is 0 Å². The van der Waals surface area contributed by atoms with Gasteiger partial charge in [0.25, 0.3) is 0 Å². The summed E-state index contributed by atoms with van der Waals surface area (Å²) in [6.45, 7) is 3.09. The summed E-state index contributed by atoms with van der Waals surface area (Å²) >= 11 is 0. The van der Waals surface area contributed by atoms with Gasteiger partial charge in [-0.2, -0.15) is 0 Å². The lowest BCUT2D eigenvalue weighted by atomic mass is 9.87. The molecule has 1 amide bonds. The van der Waals surface area contributed by atoms with Gasteiger partial charge in [-0.25, -0.2) is 0 Å². The van der Waals surface area contributed by atoms with Gasteiger partial charge in [-0.05, 0) is 42.5 Å². The molecule has 0 bridgehead atoms. The fraction of sp³-hybridized carbons (Fsp3) is 0.533. The number of ether oxygens (including phenoxy) is 2. The summed E-state index contributed by atoms with van der Waals surface area (Å²) in [6, 6.07) is 4.24. The molecule has 1 aliphatic carbocycles. The minimum Gasteiger partial charge on any atom is -0.486 e. The van der Waals surface area contributed by atoms with Crippen LogP contribution in [0.4, 0.5) is 0 Å². The first-order chi connectivity index (χ1) is 9.28. The van der Waals surface area contributed by atoms with Gasteiger partial charge in [0.15, 0.2) is 11.5 Å². The second-order valence-electron chi connectivity index (χ2n) is 5.06. The number of fused-ring (bicyclic) bond motifs is 2. The topological polar surface area (TPSA) is 47.6 Å². The van der Waals surface area contributed by atoms with Crippen molar-refractivity contribution in [2.24, 2.45) is 0 Å². The predicted octanol–water partition coefficient (Wildman–Crippen LogP) is 2.36. The normalized spacial score (nSPS) is 20.6. The van der Waals surface area contributed by atoms with Gasteiger partial charge in [-0.15, -0.1) is 0 Å². The lowest BCUT2D eigenvalue weighted by Crippen LogP contribution is -2.30. The molecule has 0 spiro atoms. The Balaban J connectivity index is 1.92. The van der Waals surface area contributed by atoms with Crippen LogP contribution in [0, 0.1) is 0 Å². The quantitative estimate of drug-likeness (QED) is 0.889. The van der Waals surface area contributed by atoms with Gasteiger partial charge in [0, 0.05) is 6.42 Å². The van der Waals surface area contributed by atoms with E-state index in [9.17, 15) is 4.79 Å². The second-order valence-corrected chi connectivity index (χ2v) is 5.06. The van der Waals surface area contributed by atoms with Crippen LogP contribution >= 0.6 is 0 Å². The Morgan fingerprint density at radius 1 is 1.32 bits per heavy atom. The first-order valence-corrected chi connectivity index (χ1v) is 6.99. The summed E-state index contributed by atoms with van der Waals surface area (Å²) in [5.41, 5.74) is 2.47. The van der Waals surface area contributed by atoms with Crippen LogP contribution in [0.5, 0.6) is 11.5 Å². The maximum Gasteiger partial charge on any atom is 0.220 e. The molecule has 19 heavy (non-hydrogen) atoms. The number of hydrogen-bond donors (Lipinski definition) is 1. The number of hydrogen-bond acceptors (Lipinski definition) is 3. The standard InChI is InChI=1S/C15H19NO3/c1-2-15(17)16-12-5-3-4-10-8-13-14(9-11(10)12)19-7-6-18-13/h8-9,12H,2-7H2,1H3,(H,16,17). The van der Waals surface area contributed by atoms with Crippen LogP contribution in [-0.4, -0.2) is 19.1 Å². The summed E-state index contributed by atoms with van der Waals surface area (Å²) in [5, 5.41) is 3.10. The van der Waals surface area contributed by atoms with Crippen molar-refractivity contribution in [2.75, 3.05) is 13.2 Å². The highest BCUT2D eigenvalue weighted by Gasteiger charge is 2.25. The van der Waals surface area contributed by atoms with E-state index in [1.807, 2.05) is 13.0 Å². The minimum atomic E-state index is 0.104. The van der Waals surface area contributed by atoms with Gasteiger partial charge in [-0.1, -0.05) is 6.92 Å². The highest BCUT2D eigenvalue weighted by molar-refractivity contribution is 5.76. The largest absolute Gasteiger partial charge is 0.486 e. The molecule has 2 aliphatic rings. The van der Waals surface area contributed by atoms with Gasteiger partial charge in [0.05, 0.1) is 6.04 Å². The van der Waals surface area contributed by atoms with Crippen LogP contribution in [0.1, 0.15) is 43.4 Å². The molecule has 1 unspecified atom stereocenters. The predicted molar refractivity (Wildman–Crippen MR) is 71.5 cm³/mol. The van der Waals surface area contributed by atoms with Gasteiger partial charge in [0.2, 0.25) is 5.91 Å². The number of nitrogens with one attached hydrogen (secondary N) is 1. The van der Waals surface area contributed by atoms with Crippen molar-refractivity contribution in [1.29, 1.82) is 0 Å². The van der Waals surface area contributed by atoms with Crippen molar-refractivity contribution >= 4 is 5.91 Å². The molecular formula is C15H19NO3. The van der Waals surface area contributed by atoms with E-state index in [-0.39, 0.29) is 11.9 Å². The molecule has 4 nitrogen and oxygen atoms in total. The maximum absolute atomic E-state index is 11.6. The van der Waals surface area contributed by atoms with Gasteiger partial charge < -0.3 is 14.8 Å². The second kappa shape index (κ2) is 5.11. The molecule has 1 atom stereocenters. The summed E-state index contributed by atoms with van der Waals surface area (Å²) < 4.78 is 11.2. The molecule has 0 aromatic heterocycles. The Labute approximate surface area is 113 Å². The van der Waals surface area contributed by atoms with Crippen LogP contribution in [0.15, 0.2) is 12.1 Å². The van der Waals surface area contributed by atoms with Crippen molar-refractivity contribution in [1.82, 2.24) is 5.32 Å². The van der Waals surface area contributed by atoms with Crippen molar-refractivity contribution in [3.63, 3.8) is 0 Å². The zero-order valence-corrected chi connectivity index (χ0v) is 11.2. The average Bonchev–Trinajstić information content (AvgIpc) is 2.45. The third-order valence-corrected chi connectivity index (χ3v) is 3.77. The van der Waals surface area contributed by atoms with E-state index in [4.69, 9.17) is 9.47 Å². The monoisotopic (exact) mass is 261 g/mol. The number of carbonyl (C=O) groups is 1. The molecule has 4 heteroatoms. The van der Waals surface area contributed by atoms with E-state index < -0.39 is 0 Å². The number of carbonyl (C=O) groups excluding carboxylic acids is 1. The van der Waals surface area contributed by atoms with Gasteiger partial charge >= 0.3 is 0 Å². The molecule has 1 aliphatic heterocycles. The first-order valence-electron chi connectivity index (χ1n) is 6.99. The van der Waals surface area contributed by atoms with Gasteiger partial charge in [-0.3, -0.25) is 4.79 Å². The Bertz CT molecular complexity index is 498. The number of amides is 1. The van der Waals surface area contributed by atoms with Crippen LogP contribution < -0.4 is 14.8 Å². The van der Waals surface area contributed by atoms with Crippen molar-refractivity contribution in [3.8, 4) is 11.5 Å².